The predicted molar refractivity (Wildman–Crippen MR) is 139 cm³/mol. The molecule has 1 unspecified atom stereocenters. The van der Waals surface area contributed by atoms with E-state index in [1.807, 2.05) is 0 Å². The molecule has 0 aliphatic rings. The van der Waals surface area contributed by atoms with Gasteiger partial charge in [0.05, 0.1) is 17.2 Å². The smallest absolute Gasteiger partial charge is 0.328 e. The summed E-state index contributed by atoms with van der Waals surface area (Å²) in [4.78, 5) is 24.3. The molecule has 33 heavy (non-hydrogen) atoms. The Morgan fingerprint density at radius 3 is 1.73 bits per heavy atom. The standard InChI is InChI=1S/C28H46ClNO3/c1-3-4-5-6-7-8-9-10-11-12-13-14-15-16-17-20-23-33-28(32)24(2)30-27(31)25-21-18-19-22-26(25)29/h18-19,21-22,24H,3-17,20,23H2,1-2H3,(H,30,31). The minimum Gasteiger partial charge on any atom is -0.464 e. The predicted octanol–water partition coefficient (Wildman–Crippen LogP) is 8.26. The molecule has 188 valence electrons. The van der Waals surface area contributed by atoms with Crippen molar-refractivity contribution in [2.75, 3.05) is 6.61 Å². The largest absolute Gasteiger partial charge is 0.464 e. The summed E-state index contributed by atoms with van der Waals surface area (Å²) >= 11 is 6.02. The van der Waals surface area contributed by atoms with E-state index in [0.717, 1.165) is 12.8 Å². The first kappa shape index (κ1) is 29.5. The van der Waals surface area contributed by atoms with E-state index in [0.29, 0.717) is 17.2 Å². The zero-order chi connectivity index (χ0) is 24.2. The van der Waals surface area contributed by atoms with E-state index in [4.69, 9.17) is 16.3 Å². The first-order valence-electron chi connectivity index (χ1n) is 13.3. The molecule has 0 spiro atoms. The van der Waals surface area contributed by atoms with Gasteiger partial charge in [-0.25, -0.2) is 4.79 Å². The monoisotopic (exact) mass is 479 g/mol. The SMILES string of the molecule is CCCCCCCCCCCCCCCCCCOC(=O)C(C)NC(=O)c1ccccc1Cl. The van der Waals surface area contributed by atoms with Crippen molar-refractivity contribution in [3.05, 3.63) is 34.9 Å². The Kier molecular flexibility index (Phi) is 17.8. The maximum Gasteiger partial charge on any atom is 0.328 e. The number of benzene rings is 1. The van der Waals surface area contributed by atoms with Crippen LogP contribution in [0.1, 0.15) is 127 Å². The van der Waals surface area contributed by atoms with Gasteiger partial charge < -0.3 is 10.1 Å². The van der Waals surface area contributed by atoms with E-state index in [9.17, 15) is 9.59 Å². The van der Waals surface area contributed by atoms with E-state index in [-0.39, 0.29) is 5.91 Å². The van der Waals surface area contributed by atoms with Crippen LogP contribution < -0.4 is 5.32 Å². The number of hydrogen-bond acceptors (Lipinski definition) is 3. The topological polar surface area (TPSA) is 55.4 Å². The van der Waals surface area contributed by atoms with Crippen LogP contribution in [-0.4, -0.2) is 24.5 Å². The van der Waals surface area contributed by atoms with Crippen molar-refractivity contribution in [2.45, 2.75) is 123 Å². The summed E-state index contributed by atoms with van der Waals surface area (Å²) in [6.45, 7) is 4.31. The number of unbranched alkanes of at least 4 members (excludes halogenated alkanes) is 15. The van der Waals surface area contributed by atoms with Crippen LogP contribution in [0.3, 0.4) is 0 Å². The maximum atomic E-state index is 12.2. The number of carbonyl (C=O) groups excluding carboxylic acids is 2. The van der Waals surface area contributed by atoms with Crippen molar-refractivity contribution in [3.63, 3.8) is 0 Å². The molecule has 0 aromatic heterocycles. The lowest BCUT2D eigenvalue weighted by Crippen LogP contribution is -2.39. The summed E-state index contributed by atoms with van der Waals surface area (Å²) in [7, 11) is 0. The molecule has 0 fully saturated rings. The van der Waals surface area contributed by atoms with Gasteiger partial charge in [-0.2, -0.15) is 0 Å². The molecule has 1 amide bonds. The number of amides is 1. The molecule has 0 aliphatic carbocycles. The highest BCUT2D eigenvalue weighted by Crippen LogP contribution is 2.15. The third-order valence-corrected chi connectivity index (χ3v) is 6.39. The van der Waals surface area contributed by atoms with Crippen LogP contribution in [0, 0.1) is 0 Å². The van der Waals surface area contributed by atoms with E-state index >= 15 is 0 Å². The van der Waals surface area contributed by atoms with Crippen LogP contribution in [0.2, 0.25) is 5.02 Å². The highest BCUT2D eigenvalue weighted by molar-refractivity contribution is 6.33. The molecule has 1 atom stereocenters. The Morgan fingerprint density at radius 1 is 0.788 bits per heavy atom. The molecule has 4 nitrogen and oxygen atoms in total. The minimum atomic E-state index is -0.699. The quantitative estimate of drug-likeness (QED) is 0.151. The highest BCUT2D eigenvalue weighted by atomic mass is 35.5. The fourth-order valence-electron chi connectivity index (χ4n) is 3.93. The Balaban J connectivity index is 1.90. The normalized spacial score (nSPS) is 11.8. The lowest BCUT2D eigenvalue weighted by Gasteiger charge is -2.14. The summed E-state index contributed by atoms with van der Waals surface area (Å²) in [5.74, 6) is -0.774. The van der Waals surface area contributed by atoms with Gasteiger partial charge in [0.1, 0.15) is 6.04 Å². The first-order valence-corrected chi connectivity index (χ1v) is 13.7. The zero-order valence-corrected chi connectivity index (χ0v) is 21.8. The van der Waals surface area contributed by atoms with Crippen LogP contribution in [0.25, 0.3) is 0 Å². The number of hydrogen-bond donors (Lipinski definition) is 1. The Morgan fingerprint density at radius 2 is 1.24 bits per heavy atom. The van der Waals surface area contributed by atoms with Gasteiger partial charge in [-0.05, 0) is 25.5 Å². The second-order valence-electron chi connectivity index (χ2n) is 9.15. The Hall–Kier alpha value is -1.55. The first-order chi connectivity index (χ1) is 16.1. The number of rotatable bonds is 20. The van der Waals surface area contributed by atoms with Gasteiger partial charge in [0.25, 0.3) is 5.91 Å². The van der Waals surface area contributed by atoms with Crippen LogP contribution in [0.15, 0.2) is 24.3 Å². The number of halogens is 1. The molecule has 0 saturated carbocycles. The zero-order valence-electron chi connectivity index (χ0n) is 21.0. The van der Waals surface area contributed by atoms with Crippen molar-refractivity contribution in [2.24, 2.45) is 0 Å². The third kappa shape index (κ3) is 15.1. The van der Waals surface area contributed by atoms with Gasteiger partial charge in [-0.1, -0.05) is 127 Å². The molecule has 0 radical (unpaired) electrons. The van der Waals surface area contributed by atoms with Crippen LogP contribution in [0.5, 0.6) is 0 Å². The van der Waals surface area contributed by atoms with Crippen molar-refractivity contribution in [3.8, 4) is 0 Å². The van der Waals surface area contributed by atoms with Gasteiger partial charge >= 0.3 is 5.97 Å². The molecule has 1 N–H and O–H groups in total. The maximum absolute atomic E-state index is 12.2. The number of ether oxygens (including phenoxy) is 1. The van der Waals surface area contributed by atoms with Crippen molar-refractivity contribution < 1.29 is 14.3 Å². The molecule has 0 heterocycles. The molecule has 1 rings (SSSR count). The Bertz CT molecular complexity index is 650. The fourth-order valence-corrected chi connectivity index (χ4v) is 4.15. The summed E-state index contributed by atoms with van der Waals surface area (Å²) in [5.41, 5.74) is 0.358. The molecule has 0 bridgehead atoms. The van der Waals surface area contributed by atoms with Gasteiger partial charge in [-0.15, -0.1) is 0 Å². The lowest BCUT2D eigenvalue weighted by molar-refractivity contribution is -0.145. The van der Waals surface area contributed by atoms with E-state index in [1.54, 1.807) is 31.2 Å². The van der Waals surface area contributed by atoms with Crippen molar-refractivity contribution in [1.82, 2.24) is 5.32 Å². The van der Waals surface area contributed by atoms with Crippen LogP contribution in [-0.2, 0) is 9.53 Å². The van der Waals surface area contributed by atoms with Gasteiger partial charge in [0.2, 0.25) is 0 Å². The summed E-state index contributed by atoms with van der Waals surface area (Å²) in [5, 5.41) is 3.01. The number of nitrogens with one attached hydrogen (secondary N) is 1. The molecule has 0 aliphatic heterocycles. The summed E-state index contributed by atoms with van der Waals surface area (Å²) < 4.78 is 5.30. The van der Waals surface area contributed by atoms with Gasteiger partial charge in [0.15, 0.2) is 0 Å². The molecule has 1 aromatic rings. The number of carbonyl (C=O) groups is 2. The Labute approximate surface area is 207 Å². The minimum absolute atomic E-state index is 0.358. The van der Waals surface area contributed by atoms with E-state index < -0.39 is 12.0 Å². The van der Waals surface area contributed by atoms with Crippen LogP contribution in [0.4, 0.5) is 0 Å². The van der Waals surface area contributed by atoms with Crippen molar-refractivity contribution in [1.29, 1.82) is 0 Å². The van der Waals surface area contributed by atoms with Crippen molar-refractivity contribution >= 4 is 23.5 Å². The second kappa shape index (κ2) is 19.9. The average Bonchev–Trinajstić information content (AvgIpc) is 2.81. The number of esters is 1. The molecule has 5 heteroatoms. The molecule has 1 aromatic carbocycles. The van der Waals surface area contributed by atoms with Crippen LogP contribution >= 0.6 is 11.6 Å². The second-order valence-corrected chi connectivity index (χ2v) is 9.55. The molecule has 0 saturated heterocycles. The van der Waals surface area contributed by atoms with Gasteiger partial charge in [0, 0.05) is 0 Å². The van der Waals surface area contributed by atoms with E-state index in [1.165, 1.54) is 89.9 Å². The summed E-state index contributed by atoms with van der Waals surface area (Å²) in [6, 6.07) is 6.08. The lowest BCUT2D eigenvalue weighted by atomic mass is 10.0. The van der Waals surface area contributed by atoms with E-state index in [2.05, 4.69) is 12.2 Å². The fraction of sp³-hybridized carbons (Fsp3) is 0.714. The average molecular weight is 480 g/mol. The highest BCUT2D eigenvalue weighted by Gasteiger charge is 2.19. The molecular weight excluding hydrogens is 434 g/mol. The van der Waals surface area contributed by atoms with Gasteiger partial charge in [-0.3, -0.25) is 4.79 Å². The summed E-state index contributed by atoms with van der Waals surface area (Å²) in [6.07, 6.45) is 21.0. The molecular formula is C28H46ClNO3. The third-order valence-electron chi connectivity index (χ3n) is 6.06.